The van der Waals surface area contributed by atoms with Crippen LogP contribution < -0.4 is 0 Å². The predicted octanol–water partition coefficient (Wildman–Crippen LogP) is 5.03. The molecule has 0 atom stereocenters. The van der Waals surface area contributed by atoms with Gasteiger partial charge in [0.05, 0.1) is 17.3 Å². The predicted molar refractivity (Wildman–Crippen MR) is 107 cm³/mol. The molecule has 0 unspecified atom stereocenters. The van der Waals surface area contributed by atoms with Gasteiger partial charge in [-0.3, -0.25) is 0 Å². The van der Waals surface area contributed by atoms with Crippen molar-refractivity contribution in [2.45, 2.75) is 31.6 Å². The lowest BCUT2D eigenvalue weighted by molar-refractivity contribution is 0.893. The van der Waals surface area contributed by atoms with Gasteiger partial charge in [0.1, 0.15) is 11.4 Å². The highest BCUT2D eigenvalue weighted by molar-refractivity contribution is 7.98. The van der Waals surface area contributed by atoms with Crippen LogP contribution in [-0.4, -0.2) is 19.7 Å². The van der Waals surface area contributed by atoms with Gasteiger partial charge in [0.15, 0.2) is 5.65 Å². The lowest BCUT2D eigenvalue weighted by Gasteiger charge is -2.07. The smallest absolute Gasteiger partial charge is 0.167 e. The van der Waals surface area contributed by atoms with Crippen LogP contribution in [0.3, 0.4) is 0 Å². The lowest BCUT2D eigenvalue weighted by atomic mass is 10.1. The molecule has 0 spiro atoms. The molecule has 0 aliphatic heterocycles. The van der Waals surface area contributed by atoms with Gasteiger partial charge in [-0.15, -0.1) is 11.8 Å². The number of hydrogen-bond acceptors (Lipinski definition) is 4. The first-order chi connectivity index (χ1) is 12.6. The van der Waals surface area contributed by atoms with E-state index in [4.69, 9.17) is 0 Å². The third-order valence-electron chi connectivity index (χ3n) is 4.48. The molecule has 4 rings (SSSR count). The molecule has 26 heavy (non-hydrogen) atoms. The van der Waals surface area contributed by atoms with Gasteiger partial charge in [-0.25, -0.2) is 14.6 Å². The molecule has 0 radical (unpaired) electrons. The molecule has 0 aliphatic carbocycles. The quantitative estimate of drug-likeness (QED) is 0.378. The highest BCUT2D eigenvalue weighted by atomic mass is 32.2. The molecule has 0 fully saturated rings. The summed E-state index contributed by atoms with van der Waals surface area (Å²) < 4.78 is 1.87. The van der Waals surface area contributed by atoms with Gasteiger partial charge in [0, 0.05) is 5.75 Å². The second-order valence-electron chi connectivity index (χ2n) is 6.53. The number of aryl methyl sites for hydroxylation is 3. The van der Waals surface area contributed by atoms with Crippen LogP contribution in [0.15, 0.2) is 60.0 Å². The second kappa shape index (κ2) is 6.92. The molecule has 0 aliphatic rings. The summed E-state index contributed by atoms with van der Waals surface area (Å²) in [5, 5.41) is 6.50. The van der Waals surface area contributed by atoms with Gasteiger partial charge >= 0.3 is 0 Å². The minimum absolute atomic E-state index is 0.840. The Bertz CT molecular complexity index is 1070. The summed E-state index contributed by atoms with van der Waals surface area (Å²) in [7, 11) is 0. The molecule has 2 aromatic carbocycles. The van der Waals surface area contributed by atoms with E-state index in [-0.39, 0.29) is 0 Å². The maximum absolute atomic E-state index is 4.54. The van der Waals surface area contributed by atoms with Crippen molar-refractivity contribution in [2.75, 3.05) is 0 Å². The van der Waals surface area contributed by atoms with E-state index in [0.29, 0.717) is 0 Å². The third-order valence-corrected chi connectivity index (χ3v) is 5.53. The molecule has 2 aromatic heterocycles. The Kier molecular flexibility index (Phi) is 4.47. The first-order valence-electron chi connectivity index (χ1n) is 8.56. The summed E-state index contributed by atoms with van der Waals surface area (Å²) >= 11 is 1.73. The highest BCUT2D eigenvalue weighted by Crippen LogP contribution is 2.29. The van der Waals surface area contributed by atoms with Crippen LogP contribution in [0, 0.1) is 20.8 Å². The minimum Gasteiger partial charge on any atom is -0.229 e. The standard InChI is InChI=1S/C21H20N4S/c1-14-5-8-18(9-6-14)25-20-19(11-24-25)21(23-13-22-20)26-12-17-10-15(2)4-7-16(17)3/h4-11,13H,12H2,1-3H3. The van der Waals surface area contributed by atoms with Gasteiger partial charge < -0.3 is 0 Å². The Hall–Kier alpha value is -2.66. The van der Waals surface area contributed by atoms with E-state index in [9.17, 15) is 0 Å². The molecule has 4 aromatic rings. The van der Waals surface area contributed by atoms with Gasteiger partial charge in [-0.05, 0) is 44.0 Å². The molecule has 0 amide bonds. The molecule has 130 valence electrons. The Morgan fingerprint density at radius 3 is 2.50 bits per heavy atom. The van der Waals surface area contributed by atoms with Crippen molar-refractivity contribution in [3.05, 3.63) is 77.2 Å². The maximum atomic E-state index is 4.54. The zero-order valence-electron chi connectivity index (χ0n) is 15.1. The largest absolute Gasteiger partial charge is 0.229 e. The molecule has 0 bridgehead atoms. The van der Waals surface area contributed by atoms with Crippen molar-refractivity contribution in [1.29, 1.82) is 0 Å². The Morgan fingerprint density at radius 1 is 0.923 bits per heavy atom. The zero-order valence-corrected chi connectivity index (χ0v) is 15.9. The van der Waals surface area contributed by atoms with Gasteiger partial charge in [-0.1, -0.05) is 41.5 Å². The van der Waals surface area contributed by atoms with E-state index < -0.39 is 0 Å². The van der Waals surface area contributed by atoms with Crippen LogP contribution >= 0.6 is 11.8 Å². The summed E-state index contributed by atoms with van der Waals surface area (Å²) in [4.78, 5) is 8.96. The summed E-state index contributed by atoms with van der Waals surface area (Å²) in [5.74, 6) is 0.884. The molecular formula is C21H20N4S. The van der Waals surface area contributed by atoms with E-state index in [1.807, 2.05) is 10.9 Å². The Balaban J connectivity index is 1.66. The molecule has 0 N–H and O–H groups in total. The molecule has 2 heterocycles. The van der Waals surface area contributed by atoms with Crippen molar-refractivity contribution in [1.82, 2.24) is 19.7 Å². The summed E-state index contributed by atoms with van der Waals surface area (Å²) in [6.07, 6.45) is 3.49. The molecule has 0 saturated heterocycles. The number of hydrogen-bond donors (Lipinski definition) is 0. The molecular weight excluding hydrogens is 340 g/mol. The van der Waals surface area contributed by atoms with E-state index in [0.717, 1.165) is 27.5 Å². The van der Waals surface area contributed by atoms with E-state index in [1.165, 1.54) is 22.3 Å². The maximum Gasteiger partial charge on any atom is 0.167 e. The second-order valence-corrected chi connectivity index (χ2v) is 7.49. The van der Waals surface area contributed by atoms with Crippen LogP contribution in [0.25, 0.3) is 16.7 Å². The number of fused-ring (bicyclic) bond motifs is 1. The van der Waals surface area contributed by atoms with Gasteiger partial charge in [0.25, 0.3) is 0 Å². The Morgan fingerprint density at radius 2 is 1.69 bits per heavy atom. The number of benzene rings is 2. The summed E-state index contributed by atoms with van der Waals surface area (Å²) in [6, 6.07) is 14.9. The Labute approximate surface area is 157 Å². The molecule has 4 nitrogen and oxygen atoms in total. The number of rotatable bonds is 4. The van der Waals surface area contributed by atoms with Crippen molar-refractivity contribution in [2.24, 2.45) is 0 Å². The van der Waals surface area contributed by atoms with Crippen LogP contribution in [-0.2, 0) is 5.75 Å². The van der Waals surface area contributed by atoms with Crippen LogP contribution in [0.1, 0.15) is 22.3 Å². The van der Waals surface area contributed by atoms with Crippen molar-refractivity contribution in [3.63, 3.8) is 0 Å². The average molecular weight is 360 g/mol. The number of thioether (sulfide) groups is 1. The summed E-state index contributed by atoms with van der Waals surface area (Å²) in [5.41, 5.74) is 7.01. The minimum atomic E-state index is 0.840. The van der Waals surface area contributed by atoms with Crippen molar-refractivity contribution < 1.29 is 0 Å². The fourth-order valence-electron chi connectivity index (χ4n) is 2.91. The molecule has 0 saturated carbocycles. The molecule has 5 heteroatoms. The normalized spacial score (nSPS) is 11.2. The van der Waals surface area contributed by atoms with E-state index in [2.05, 4.69) is 78.3 Å². The van der Waals surface area contributed by atoms with Crippen molar-refractivity contribution in [3.8, 4) is 5.69 Å². The summed E-state index contributed by atoms with van der Waals surface area (Å²) in [6.45, 7) is 6.36. The average Bonchev–Trinajstić information content (AvgIpc) is 3.08. The van der Waals surface area contributed by atoms with E-state index in [1.54, 1.807) is 18.1 Å². The first kappa shape index (κ1) is 16.8. The van der Waals surface area contributed by atoms with Crippen LogP contribution in [0.2, 0.25) is 0 Å². The topological polar surface area (TPSA) is 43.6 Å². The number of nitrogens with zero attached hydrogens (tertiary/aromatic N) is 4. The zero-order chi connectivity index (χ0) is 18.1. The third kappa shape index (κ3) is 3.22. The first-order valence-corrected chi connectivity index (χ1v) is 9.55. The van der Waals surface area contributed by atoms with Gasteiger partial charge in [-0.2, -0.15) is 5.10 Å². The van der Waals surface area contributed by atoms with Crippen LogP contribution in [0.4, 0.5) is 0 Å². The van der Waals surface area contributed by atoms with Crippen LogP contribution in [0.5, 0.6) is 0 Å². The van der Waals surface area contributed by atoms with E-state index >= 15 is 0 Å². The fourth-order valence-corrected chi connectivity index (χ4v) is 3.94. The fraction of sp³-hybridized carbons (Fsp3) is 0.190. The lowest BCUT2D eigenvalue weighted by Crippen LogP contribution is -1.98. The van der Waals surface area contributed by atoms with Crippen molar-refractivity contribution >= 4 is 22.8 Å². The SMILES string of the molecule is Cc1ccc(-n2ncc3c(SCc4cc(C)ccc4C)ncnc32)cc1. The monoisotopic (exact) mass is 360 g/mol. The number of aromatic nitrogens is 4. The van der Waals surface area contributed by atoms with Gasteiger partial charge in [0.2, 0.25) is 0 Å². The highest BCUT2D eigenvalue weighted by Gasteiger charge is 2.12.